The molecular formula is C23H29ClN2O3. The maximum Gasteiger partial charge on any atom is 0.224 e. The van der Waals surface area contributed by atoms with Crippen LogP contribution < -0.4 is 14.8 Å². The standard InChI is InChI=1S/C23H29ClN2O3/c1-16(20-13-19(28-2)10-11-22(20)29-3)25-23(27)18-8-6-12-26(15-18)14-17-7-4-5-9-21(17)24/h4-5,7,9-11,13,16,18H,6,8,12,14-15H2,1-3H3,(H,25,27). The van der Waals surface area contributed by atoms with Crippen LogP contribution in [0.2, 0.25) is 5.02 Å². The summed E-state index contributed by atoms with van der Waals surface area (Å²) in [6.07, 6.45) is 1.90. The molecule has 1 aliphatic rings. The molecule has 0 aromatic heterocycles. The SMILES string of the molecule is COc1ccc(OC)c(C(C)NC(=O)C2CCCN(Cc3ccccc3Cl)C2)c1. The Labute approximate surface area is 177 Å². The zero-order chi connectivity index (χ0) is 20.8. The summed E-state index contributed by atoms with van der Waals surface area (Å²) in [5.74, 6) is 1.52. The van der Waals surface area contributed by atoms with Gasteiger partial charge in [0.25, 0.3) is 0 Å². The maximum atomic E-state index is 13.0. The highest BCUT2D eigenvalue weighted by Crippen LogP contribution is 2.30. The number of methoxy groups -OCH3 is 2. The van der Waals surface area contributed by atoms with Gasteiger partial charge < -0.3 is 14.8 Å². The van der Waals surface area contributed by atoms with Gasteiger partial charge in [0.2, 0.25) is 5.91 Å². The molecule has 0 saturated carbocycles. The lowest BCUT2D eigenvalue weighted by Crippen LogP contribution is -2.43. The van der Waals surface area contributed by atoms with E-state index in [0.717, 1.165) is 60.1 Å². The number of ether oxygens (including phenoxy) is 2. The minimum atomic E-state index is -0.175. The average molecular weight is 417 g/mol. The van der Waals surface area contributed by atoms with Gasteiger partial charge in [-0.3, -0.25) is 9.69 Å². The highest BCUT2D eigenvalue weighted by Gasteiger charge is 2.27. The van der Waals surface area contributed by atoms with E-state index in [1.165, 1.54) is 0 Å². The molecule has 0 bridgehead atoms. The van der Waals surface area contributed by atoms with Crippen LogP contribution in [0.3, 0.4) is 0 Å². The lowest BCUT2D eigenvalue weighted by Gasteiger charge is -2.33. The molecule has 2 aromatic rings. The predicted octanol–water partition coefficient (Wildman–Crippen LogP) is 4.45. The van der Waals surface area contributed by atoms with Gasteiger partial charge in [-0.05, 0) is 56.1 Å². The van der Waals surface area contributed by atoms with E-state index in [-0.39, 0.29) is 17.9 Å². The topological polar surface area (TPSA) is 50.8 Å². The van der Waals surface area contributed by atoms with Crippen molar-refractivity contribution in [2.75, 3.05) is 27.3 Å². The molecule has 1 aliphatic heterocycles. The molecule has 5 nitrogen and oxygen atoms in total. The van der Waals surface area contributed by atoms with Crippen molar-refractivity contribution >= 4 is 17.5 Å². The number of benzene rings is 2. The van der Waals surface area contributed by atoms with Gasteiger partial charge in [0.15, 0.2) is 0 Å². The maximum absolute atomic E-state index is 13.0. The van der Waals surface area contributed by atoms with Crippen molar-refractivity contribution < 1.29 is 14.3 Å². The summed E-state index contributed by atoms with van der Waals surface area (Å²) in [5, 5.41) is 3.94. The molecule has 0 aliphatic carbocycles. The molecule has 2 atom stereocenters. The molecule has 1 fully saturated rings. The molecule has 0 spiro atoms. The van der Waals surface area contributed by atoms with E-state index in [0.29, 0.717) is 0 Å². The fourth-order valence-corrected chi connectivity index (χ4v) is 4.06. The Morgan fingerprint density at radius 2 is 2.03 bits per heavy atom. The van der Waals surface area contributed by atoms with Crippen molar-refractivity contribution in [3.8, 4) is 11.5 Å². The van der Waals surface area contributed by atoms with Crippen molar-refractivity contribution in [2.24, 2.45) is 5.92 Å². The molecular weight excluding hydrogens is 388 g/mol. The van der Waals surface area contributed by atoms with Gasteiger partial charge in [0.1, 0.15) is 11.5 Å². The van der Waals surface area contributed by atoms with Crippen LogP contribution in [0.1, 0.15) is 36.9 Å². The van der Waals surface area contributed by atoms with E-state index in [9.17, 15) is 4.79 Å². The summed E-state index contributed by atoms with van der Waals surface area (Å²) < 4.78 is 10.8. The van der Waals surface area contributed by atoms with E-state index in [2.05, 4.69) is 10.2 Å². The molecule has 29 heavy (non-hydrogen) atoms. The van der Waals surface area contributed by atoms with Gasteiger partial charge in [-0.25, -0.2) is 0 Å². The molecule has 1 amide bonds. The summed E-state index contributed by atoms with van der Waals surface area (Å²) in [6.45, 7) is 4.45. The highest BCUT2D eigenvalue weighted by molar-refractivity contribution is 6.31. The van der Waals surface area contributed by atoms with Gasteiger partial charge in [-0.15, -0.1) is 0 Å². The number of carbonyl (C=O) groups is 1. The van der Waals surface area contributed by atoms with Crippen LogP contribution in [0, 0.1) is 5.92 Å². The first-order chi connectivity index (χ1) is 14.0. The first-order valence-electron chi connectivity index (χ1n) is 10.00. The fourth-order valence-electron chi connectivity index (χ4n) is 3.87. The van der Waals surface area contributed by atoms with Crippen molar-refractivity contribution in [1.29, 1.82) is 0 Å². The van der Waals surface area contributed by atoms with Crippen LogP contribution in [0.5, 0.6) is 11.5 Å². The normalized spacial score (nSPS) is 18.1. The summed E-state index contributed by atoms with van der Waals surface area (Å²) >= 11 is 6.30. The Balaban J connectivity index is 1.63. The lowest BCUT2D eigenvalue weighted by molar-refractivity contribution is -0.127. The third-order valence-electron chi connectivity index (χ3n) is 5.49. The highest BCUT2D eigenvalue weighted by atomic mass is 35.5. The van der Waals surface area contributed by atoms with Gasteiger partial charge in [-0.1, -0.05) is 29.8 Å². The van der Waals surface area contributed by atoms with Crippen LogP contribution in [0.4, 0.5) is 0 Å². The van der Waals surface area contributed by atoms with Crippen LogP contribution in [0.15, 0.2) is 42.5 Å². The molecule has 2 aromatic carbocycles. The molecule has 1 N–H and O–H groups in total. The average Bonchev–Trinajstić information content (AvgIpc) is 2.75. The van der Waals surface area contributed by atoms with E-state index >= 15 is 0 Å². The minimum absolute atomic E-state index is 0.0368. The molecule has 2 unspecified atom stereocenters. The van der Waals surface area contributed by atoms with Crippen molar-refractivity contribution in [2.45, 2.75) is 32.4 Å². The molecule has 1 saturated heterocycles. The summed E-state index contributed by atoms with van der Waals surface area (Å²) in [4.78, 5) is 15.3. The number of halogens is 1. The third-order valence-corrected chi connectivity index (χ3v) is 5.86. The Morgan fingerprint density at radius 3 is 2.76 bits per heavy atom. The van der Waals surface area contributed by atoms with Crippen molar-refractivity contribution in [1.82, 2.24) is 10.2 Å². The minimum Gasteiger partial charge on any atom is -0.497 e. The van der Waals surface area contributed by atoms with E-state index in [4.69, 9.17) is 21.1 Å². The van der Waals surface area contributed by atoms with Gasteiger partial charge in [0, 0.05) is 23.7 Å². The largest absolute Gasteiger partial charge is 0.497 e. The van der Waals surface area contributed by atoms with Gasteiger partial charge in [-0.2, -0.15) is 0 Å². The Kier molecular flexibility index (Phi) is 7.40. The van der Waals surface area contributed by atoms with Crippen LogP contribution >= 0.6 is 11.6 Å². The van der Waals surface area contributed by atoms with Crippen molar-refractivity contribution in [3.05, 3.63) is 58.6 Å². The number of likely N-dealkylation sites (tertiary alicyclic amines) is 1. The molecule has 156 valence electrons. The molecule has 1 heterocycles. The van der Waals surface area contributed by atoms with E-state index in [1.807, 2.05) is 49.4 Å². The number of piperidine rings is 1. The van der Waals surface area contributed by atoms with Gasteiger partial charge in [0.05, 0.1) is 26.2 Å². The number of nitrogens with zero attached hydrogens (tertiary/aromatic N) is 1. The zero-order valence-electron chi connectivity index (χ0n) is 17.3. The van der Waals surface area contributed by atoms with Crippen LogP contribution in [-0.4, -0.2) is 38.1 Å². The number of hydrogen-bond acceptors (Lipinski definition) is 4. The number of nitrogens with one attached hydrogen (secondary N) is 1. The smallest absolute Gasteiger partial charge is 0.224 e. The predicted molar refractivity (Wildman–Crippen MR) is 116 cm³/mol. The number of carbonyl (C=O) groups excluding carboxylic acids is 1. The third kappa shape index (κ3) is 5.43. The summed E-state index contributed by atoms with van der Waals surface area (Å²) in [5.41, 5.74) is 2.01. The zero-order valence-corrected chi connectivity index (χ0v) is 18.0. The van der Waals surface area contributed by atoms with Crippen LogP contribution in [-0.2, 0) is 11.3 Å². The van der Waals surface area contributed by atoms with Gasteiger partial charge >= 0.3 is 0 Å². The second-order valence-corrected chi connectivity index (χ2v) is 7.91. The monoisotopic (exact) mass is 416 g/mol. The van der Waals surface area contributed by atoms with E-state index < -0.39 is 0 Å². The first-order valence-corrected chi connectivity index (χ1v) is 10.4. The lowest BCUT2D eigenvalue weighted by atomic mass is 9.95. The number of rotatable bonds is 7. The number of amides is 1. The Morgan fingerprint density at radius 1 is 1.24 bits per heavy atom. The summed E-state index contributed by atoms with van der Waals surface area (Å²) in [6, 6.07) is 13.3. The molecule has 3 rings (SSSR count). The number of hydrogen-bond donors (Lipinski definition) is 1. The molecule has 6 heteroatoms. The van der Waals surface area contributed by atoms with Crippen LogP contribution in [0.25, 0.3) is 0 Å². The Bertz CT molecular complexity index is 843. The van der Waals surface area contributed by atoms with Crippen molar-refractivity contribution in [3.63, 3.8) is 0 Å². The Hall–Kier alpha value is -2.24. The molecule has 0 radical (unpaired) electrons. The second kappa shape index (κ2) is 9.99. The fraction of sp³-hybridized carbons (Fsp3) is 0.435. The second-order valence-electron chi connectivity index (χ2n) is 7.50. The van der Waals surface area contributed by atoms with E-state index in [1.54, 1.807) is 14.2 Å². The quantitative estimate of drug-likeness (QED) is 0.724. The first kappa shape index (κ1) is 21.5. The summed E-state index contributed by atoms with van der Waals surface area (Å²) in [7, 11) is 3.26.